The maximum Gasteiger partial charge on any atom is 0.0860 e. The summed E-state index contributed by atoms with van der Waals surface area (Å²) in [5.41, 5.74) is 4.41. The fraction of sp³-hybridized carbons (Fsp3) is 0.308. The van der Waals surface area contributed by atoms with E-state index in [1.165, 1.54) is 0 Å². The van der Waals surface area contributed by atoms with E-state index in [-0.39, 0.29) is 0 Å². The maximum absolute atomic E-state index is 6.14. The van der Waals surface area contributed by atoms with Crippen molar-refractivity contribution in [3.63, 3.8) is 0 Å². The lowest BCUT2D eigenvalue weighted by Crippen LogP contribution is -2.14. The van der Waals surface area contributed by atoms with E-state index in [9.17, 15) is 0 Å². The quantitative estimate of drug-likeness (QED) is 0.775. The molecular weight excluding hydrogens is 363 g/mol. The molecule has 3 rings (SSSR count). The molecule has 1 aromatic carbocycles. The largest absolute Gasteiger partial charge is 0.387 e. The van der Waals surface area contributed by atoms with E-state index in [4.69, 9.17) is 21.3 Å². The van der Waals surface area contributed by atoms with Gasteiger partial charge in [0.2, 0.25) is 0 Å². The number of fused-ring (bicyclic) bond motifs is 2. The Kier molecular flexibility index (Phi) is 3.34. The van der Waals surface area contributed by atoms with Crippen LogP contribution >= 0.6 is 34.2 Å². The van der Waals surface area contributed by atoms with Crippen LogP contribution < -0.4 is 5.32 Å². The van der Waals surface area contributed by atoms with Crippen molar-refractivity contribution in [2.75, 3.05) is 19.0 Å². The van der Waals surface area contributed by atoms with Crippen molar-refractivity contribution < 1.29 is 4.74 Å². The summed E-state index contributed by atoms with van der Waals surface area (Å²) in [6, 6.07) is 3.91. The maximum atomic E-state index is 6.14. The molecule has 94 valence electrons. The molecule has 3 nitrogen and oxygen atoms in total. The van der Waals surface area contributed by atoms with Gasteiger partial charge in [0, 0.05) is 33.0 Å². The molecule has 0 bridgehead atoms. The number of nitrogens with zero attached hydrogens (tertiary/aromatic N) is 1. The normalized spacial score (nSPS) is 14.6. The molecule has 0 unspecified atom stereocenters. The van der Waals surface area contributed by atoms with Gasteiger partial charge in [-0.05, 0) is 34.7 Å². The first-order valence-electron chi connectivity index (χ1n) is 5.76. The number of ether oxygens (including phenoxy) is 1. The van der Waals surface area contributed by atoms with E-state index in [0.717, 1.165) is 49.5 Å². The Morgan fingerprint density at radius 2 is 2.28 bits per heavy atom. The van der Waals surface area contributed by atoms with Gasteiger partial charge in [-0.15, -0.1) is 0 Å². The second-order valence-electron chi connectivity index (χ2n) is 4.25. The van der Waals surface area contributed by atoms with Crippen LogP contribution in [-0.4, -0.2) is 18.6 Å². The van der Waals surface area contributed by atoms with Crippen LogP contribution in [0.5, 0.6) is 0 Å². The molecule has 2 aromatic rings. The first-order valence-corrected chi connectivity index (χ1v) is 7.22. The number of halogens is 2. The van der Waals surface area contributed by atoms with E-state index >= 15 is 0 Å². The molecule has 1 N–H and O–H groups in total. The van der Waals surface area contributed by atoms with Gasteiger partial charge in [0.15, 0.2) is 0 Å². The third-order valence-electron chi connectivity index (χ3n) is 3.17. The van der Waals surface area contributed by atoms with E-state index in [1.54, 1.807) is 0 Å². The summed E-state index contributed by atoms with van der Waals surface area (Å²) in [5.74, 6) is 0. The first kappa shape index (κ1) is 12.4. The molecule has 1 aliphatic rings. The minimum atomic E-state index is 0.623. The molecule has 0 fully saturated rings. The fourth-order valence-electron chi connectivity index (χ4n) is 2.37. The zero-order chi connectivity index (χ0) is 12.7. The number of hydrogen-bond acceptors (Lipinski definition) is 3. The minimum Gasteiger partial charge on any atom is -0.387 e. The van der Waals surface area contributed by atoms with Crippen LogP contribution in [0.2, 0.25) is 5.02 Å². The number of aromatic nitrogens is 1. The van der Waals surface area contributed by atoms with E-state index in [1.807, 2.05) is 19.2 Å². The molecule has 0 amide bonds. The number of rotatable bonds is 1. The highest BCUT2D eigenvalue weighted by atomic mass is 127. The minimum absolute atomic E-state index is 0.623. The molecule has 0 radical (unpaired) electrons. The Balaban J connectivity index is 2.40. The average molecular weight is 375 g/mol. The molecule has 18 heavy (non-hydrogen) atoms. The molecule has 2 heterocycles. The van der Waals surface area contributed by atoms with E-state index in [0.29, 0.717) is 6.61 Å². The number of nitrogens with one attached hydrogen (secondary N) is 1. The summed E-state index contributed by atoms with van der Waals surface area (Å²) < 4.78 is 6.62. The monoisotopic (exact) mass is 374 g/mol. The van der Waals surface area contributed by atoms with E-state index in [2.05, 4.69) is 27.9 Å². The predicted molar refractivity (Wildman–Crippen MR) is 82.4 cm³/mol. The number of pyridine rings is 1. The summed E-state index contributed by atoms with van der Waals surface area (Å²) in [4.78, 5) is 4.78. The van der Waals surface area contributed by atoms with E-state index < -0.39 is 0 Å². The van der Waals surface area contributed by atoms with Crippen molar-refractivity contribution in [3.8, 4) is 0 Å². The second kappa shape index (κ2) is 4.83. The molecule has 1 aliphatic heterocycles. The molecule has 0 saturated carbocycles. The van der Waals surface area contributed by atoms with Crippen LogP contribution in [0.4, 0.5) is 5.69 Å². The van der Waals surface area contributed by atoms with Crippen LogP contribution in [0.15, 0.2) is 12.1 Å². The van der Waals surface area contributed by atoms with Crippen LogP contribution in [0.25, 0.3) is 10.9 Å². The first-order chi connectivity index (χ1) is 8.70. The lowest BCUT2D eigenvalue weighted by Gasteiger charge is -2.21. The highest BCUT2D eigenvalue weighted by molar-refractivity contribution is 14.1. The van der Waals surface area contributed by atoms with Gasteiger partial charge in [0.25, 0.3) is 0 Å². The molecule has 0 aliphatic carbocycles. The van der Waals surface area contributed by atoms with Gasteiger partial charge in [-0.3, -0.25) is 4.98 Å². The second-order valence-corrected chi connectivity index (χ2v) is 5.85. The van der Waals surface area contributed by atoms with Crippen LogP contribution in [0.3, 0.4) is 0 Å². The van der Waals surface area contributed by atoms with Gasteiger partial charge in [-0.1, -0.05) is 11.6 Å². The van der Waals surface area contributed by atoms with Gasteiger partial charge in [-0.25, -0.2) is 0 Å². The lowest BCUT2D eigenvalue weighted by molar-refractivity contribution is 0.110. The van der Waals surface area contributed by atoms with Crippen molar-refractivity contribution in [2.45, 2.75) is 13.0 Å². The standard InChI is InChI=1S/C13H12ClIN2O/c1-16-12-8-4-7(14)5-10(15)13(8)17-11-2-3-18-6-9(11)12/h4-5H,2-3,6H2,1H3,(H,16,17). The predicted octanol–water partition coefficient (Wildman–Crippen LogP) is 3.61. The Morgan fingerprint density at radius 3 is 3.06 bits per heavy atom. The lowest BCUT2D eigenvalue weighted by atomic mass is 10.0. The van der Waals surface area contributed by atoms with Crippen molar-refractivity contribution in [2.24, 2.45) is 0 Å². The molecule has 0 atom stereocenters. The SMILES string of the molecule is CNc1c2c(nc3c(I)cc(Cl)cc13)CCOC2. The zero-order valence-corrected chi connectivity index (χ0v) is 12.8. The number of hydrogen-bond donors (Lipinski definition) is 1. The summed E-state index contributed by atoms with van der Waals surface area (Å²) in [7, 11) is 1.93. The van der Waals surface area contributed by atoms with Gasteiger partial charge in [0.1, 0.15) is 0 Å². The third-order valence-corrected chi connectivity index (χ3v) is 4.21. The van der Waals surface area contributed by atoms with Gasteiger partial charge in [0.05, 0.1) is 30.1 Å². The molecule has 0 saturated heterocycles. The van der Waals surface area contributed by atoms with Crippen molar-refractivity contribution in [3.05, 3.63) is 32.0 Å². The Labute approximate surface area is 124 Å². The molecule has 0 spiro atoms. The Hall–Kier alpha value is -0.590. The number of anilines is 1. The summed E-state index contributed by atoms with van der Waals surface area (Å²) in [6.45, 7) is 1.37. The van der Waals surface area contributed by atoms with Crippen LogP contribution in [-0.2, 0) is 17.8 Å². The number of benzene rings is 1. The highest BCUT2D eigenvalue weighted by Crippen LogP contribution is 2.34. The van der Waals surface area contributed by atoms with Crippen LogP contribution in [0.1, 0.15) is 11.3 Å². The topological polar surface area (TPSA) is 34.2 Å². The zero-order valence-electron chi connectivity index (χ0n) is 9.89. The van der Waals surface area contributed by atoms with Crippen LogP contribution in [0, 0.1) is 3.57 Å². The smallest absolute Gasteiger partial charge is 0.0860 e. The Morgan fingerprint density at radius 1 is 1.44 bits per heavy atom. The molecule has 5 heteroatoms. The Bertz CT molecular complexity index is 630. The summed E-state index contributed by atoms with van der Waals surface area (Å²) >= 11 is 8.43. The van der Waals surface area contributed by atoms with Gasteiger partial charge < -0.3 is 10.1 Å². The van der Waals surface area contributed by atoms with Gasteiger partial charge in [-0.2, -0.15) is 0 Å². The highest BCUT2D eigenvalue weighted by Gasteiger charge is 2.19. The molecular formula is C13H12ClIN2O. The fourth-order valence-corrected chi connectivity index (χ4v) is 3.52. The van der Waals surface area contributed by atoms with Crippen molar-refractivity contribution in [1.29, 1.82) is 0 Å². The summed E-state index contributed by atoms with van der Waals surface area (Å²) in [5, 5.41) is 5.08. The van der Waals surface area contributed by atoms with Gasteiger partial charge >= 0.3 is 0 Å². The molecule has 1 aromatic heterocycles. The summed E-state index contributed by atoms with van der Waals surface area (Å²) in [6.07, 6.45) is 0.874. The average Bonchev–Trinajstić information content (AvgIpc) is 2.36. The van der Waals surface area contributed by atoms with Crippen molar-refractivity contribution >= 4 is 50.8 Å². The third kappa shape index (κ3) is 1.96. The van der Waals surface area contributed by atoms with Crippen molar-refractivity contribution in [1.82, 2.24) is 4.98 Å².